The average Bonchev–Trinajstić information content (AvgIpc) is 2.69. The highest BCUT2D eigenvalue weighted by Crippen LogP contribution is 2.65. The second kappa shape index (κ2) is 3.45. The lowest BCUT2D eigenvalue weighted by molar-refractivity contribution is -0.139. The highest BCUT2D eigenvalue weighted by Gasteiger charge is 2.63. The lowest BCUT2D eigenvalue weighted by atomic mass is 10.0. The normalized spacial score (nSPS) is 26.5. The number of rotatable bonds is 2. The van der Waals surface area contributed by atoms with Crippen molar-refractivity contribution in [1.82, 2.24) is 0 Å². The molecule has 0 bridgehead atoms. The van der Waals surface area contributed by atoms with Crippen molar-refractivity contribution in [2.24, 2.45) is 11.3 Å². The molecule has 1 saturated carbocycles. The minimum atomic E-state index is -0.894. The van der Waals surface area contributed by atoms with Gasteiger partial charge < -0.3 is 5.11 Å². The second-order valence-electron chi connectivity index (χ2n) is 4.75. The number of hydrogen-bond donors (Lipinski definition) is 1. The largest absolute Gasteiger partial charge is 0.481 e. The van der Waals surface area contributed by atoms with Crippen LogP contribution in [0.25, 0.3) is 0 Å². The molecule has 1 aromatic carbocycles. The van der Waals surface area contributed by atoms with Gasteiger partial charge in [0.15, 0.2) is 0 Å². The van der Waals surface area contributed by atoms with Crippen molar-refractivity contribution in [3.63, 3.8) is 0 Å². The SMILES string of the molecule is CC1(C)C(C(=O)O)C1c1c(F)cccc1Cl. The summed E-state index contributed by atoms with van der Waals surface area (Å²) in [5.41, 5.74) is -0.0981. The average molecular weight is 243 g/mol. The highest BCUT2D eigenvalue weighted by atomic mass is 35.5. The van der Waals surface area contributed by atoms with E-state index in [1.54, 1.807) is 6.07 Å². The molecule has 1 aliphatic carbocycles. The molecule has 16 heavy (non-hydrogen) atoms. The zero-order valence-corrected chi connectivity index (χ0v) is 9.75. The maximum atomic E-state index is 13.6. The molecule has 1 N–H and O–H groups in total. The van der Waals surface area contributed by atoms with E-state index in [2.05, 4.69) is 0 Å². The molecule has 4 heteroatoms. The highest BCUT2D eigenvalue weighted by molar-refractivity contribution is 6.31. The topological polar surface area (TPSA) is 37.3 Å². The fraction of sp³-hybridized carbons (Fsp3) is 0.417. The molecule has 1 fully saturated rings. The molecule has 2 rings (SSSR count). The van der Waals surface area contributed by atoms with Gasteiger partial charge in [0, 0.05) is 16.5 Å². The molecule has 0 saturated heterocycles. The van der Waals surface area contributed by atoms with Crippen molar-refractivity contribution < 1.29 is 14.3 Å². The molecule has 2 unspecified atom stereocenters. The Morgan fingerprint density at radius 3 is 2.56 bits per heavy atom. The third kappa shape index (κ3) is 1.50. The summed E-state index contributed by atoms with van der Waals surface area (Å²) in [7, 11) is 0. The standard InChI is InChI=1S/C12H12ClFO2/c1-12(2)9(10(12)11(15)16)8-6(13)4-3-5-7(8)14/h3-5,9-10H,1-2H3,(H,15,16). The summed E-state index contributed by atoms with van der Waals surface area (Å²) in [5.74, 6) is -2.20. The maximum absolute atomic E-state index is 13.6. The van der Waals surface area contributed by atoms with Gasteiger partial charge in [0.05, 0.1) is 5.92 Å². The molecule has 0 heterocycles. The molecule has 0 aliphatic heterocycles. The van der Waals surface area contributed by atoms with E-state index in [1.165, 1.54) is 12.1 Å². The molecule has 1 aromatic rings. The van der Waals surface area contributed by atoms with E-state index in [9.17, 15) is 9.18 Å². The van der Waals surface area contributed by atoms with E-state index in [0.717, 1.165) is 0 Å². The van der Waals surface area contributed by atoms with E-state index in [0.29, 0.717) is 10.6 Å². The Hall–Kier alpha value is -1.09. The Morgan fingerprint density at radius 1 is 1.50 bits per heavy atom. The molecule has 0 spiro atoms. The number of carboxylic acids is 1. The van der Waals surface area contributed by atoms with Crippen molar-refractivity contribution in [1.29, 1.82) is 0 Å². The summed E-state index contributed by atoms with van der Waals surface area (Å²) in [6.07, 6.45) is 0. The van der Waals surface area contributed by atoms with E-state index < -0.39 is 23.1 Å². The molecule has 2 nitrogen and oxygen atoms in total. The van der Waals surface area contributed by atoms with E-state index in [1.807, 2.05) is 13.8 Å². The summed E-state index contributed by atoms with van der Waals surface area (Å²) in [4.78, 5) is 11.0. The predicted octanol–water partition coefficient (Wildman–Crippen LogP) is 3.30. The van der Waals surface area contributed by atoms with Gasteiger partial charge in [-0.05, 0) is 17.5 Å². The van der Waals surface area contributed by atoms with E-state index in [-0.39, 0.29) is 5.92 Å². The minimum Gasteiger partial charge on any atom is -0.481 e. The van der Waals surface area contributed by atoms with Gasteiger partial charge in [-0.1, -0.05) is 31.5 Å². The number of halogens is 2. The van der Waals surface area contributed by atoms with Crippen LogP contribution in [0.1, 0.15) is 25.3 Å². The first-order chi connectivity index (χ1) is 7.37. The Kier molecular flexibility index (Phi) is 2.46. The van der Waals surface area contributed by atoms with Crippen LogP contribution in [0.15, 0.2) is 18.2 Å². The number of carbonyl (C=O) groups is 1. The lowest BCUT2D eigenvalue weighted by Crippen LogP contribution is -2.03. The molecular weight excluding hydrogens is 231 g/mol. The number of benzene rings is 1. The molecule has 0 amide bonds. The summed E-state index contributed by atoms with van der Waals surface area (Å²) >= 11 is 5.93. The molecule has 1 aliphatic rings. The van der Waals surface area contributed by atoms with Crippen LogP contribution in [-0.2, 0) is 4.79 Å². The molecule has 0 aromatic heterocycles. The van der Waals surface area contributed by atoms with Gasteiger partial charge in [0.25, 0.3) is 0 Å². The van der Waals surface area contributed by atoms with E-state index >= 15 is 0 Å². The molecule has 2 atom stereocenters. The number of carboxylic acid groups (broad SMARTS) is 1. The van der Waals surface area contributed by atoms with E-state index in [4.69, 9.17) is 16.7 Å². The van der Waals surface area contributed by atoms with Crippen LogP contribution in [-0.4, -0.2) is 11.1 Å². The van der Waals surface area contributed by atoms with Gasteiger partial charge in [0.1, 0.15) is 5.82 Å². The summed E-state index contributed by atoms with van der Waals surface area (Å²) < 4.78 is 13.6. The number of hydrogen-bond acceptors (Lipinski definition) is 1. The summed E-state index contributed by atoms with van der Waals surface area (Å²) in [5, 5.41) is 9.34. The third-order valence-electron chi connectivity index (χ3n) is 3.40. The van der Waals surface area contributed by atoms with Crippen LogP contribution in [0.2, 0.25) is 5.02 Å². The monoisotopic (exact) mass is 242 g/mol. The van der Waals surface area contributed by atoms with Crippen LogP contribution < -0.4 is 0 Å². The summed E-state index contributed by atoms with van der Waals surface area (Å²) in [6.45, 7) is 3.64. The lowest BCUT2D eigenvalue weighted by Gasteiger charge is -2.06. The van der Waals surface area contributed by atoms with Crippen molar-refractivity contribution >= 4 is 17.6 Å². The second-order valence-corrected chi connectivity index (χ2v) is 5.16. The first-order valence-corrected chi connectivity index (χ1v) is 5.42. The zero-order chi connectivity index (χ0) is 12.1. The van der Waals surface area contributed by atoms with Crippen LogP contribution in [0, 0.1) is 17.2 Å². The minimum absolute atomic E-state index is 0.307. The Balaban J connectivity index is 2.45. The smallest absolute Gasteiger partial charge is 0.307 e. The van der Waals surface area contributed by atoms with Crippen molar-refractivity contribution in [3.8, 4) is 0 Å². The van der Waals surface area contributed by atoms with Gasteiger partial charge in [-0.25, -0.2) is 4.39 Å². The zero-order valence-electron chi connectivity index (χ0n) is 9.00. The maximum Gasteiger partial charge on any atom is 0.307 e. The van der Waals surface area contributed by atoms with Gasteiger partial charge in [-0.3, -0.25) is 4.79 Å². The van der Waals surface area contributed by atoms with Gasteiger partial charge in [-0.2, -0.15) is 0 Å². The quantitative estimate of drug-likeness (QED) is 0.864. The Bertz CT molecular complexity index is 436. The Morgan fingerprint density at radius 2 is 2.12 bits per heavy atom. The first kappa shape index (κ1) is 11.4. The van der Waals surface area contributed by atoms with Gasteiger partial charge in [-0.15, -0.1) is 0 Å². The van der Waals surface area contributed by atoms with Crippen molar-refractivity contribution in [2.45, 2.75) is 19.8 Å². The molecule has 0 radical (unpaired) electrons. The fourth-order valence-electron chi connectivity index (χ4n) is 2.45. The van der Waals surface area contributed by atoms with Crippen LogP contribution in [0.5, 0.6) is 0 Å². The van der Waals surface area contributed by atoms with Gasteiger partial charge in [0.2, 0.25) is 0 Å². The first-order valence-electron chi connectivity index (χ1n) is 5.04. The van der Waals surface area contributed by atoms with Crippen molar-refractivity contribution in [2.75, 3.05) is 0 Å². The molecule has 86 valence electrons. The third-order valence-corrected chi connectivity index (χ3v) is 3.73. The van der Waals surface area contributed by atoms with Crippen LogP contribution >= 0.6 is 11.6 Å². The van der Waals surface area contributed by atoms with Crippen molar-refractivity contribution in [3.05, 3.63) is 34.6 Å². The predicted molar refractivity (Wildman–Crippen MR) is 59.1 cm³/mol. The van der Waals surface area contributed by atoms with Crippen LogP contribution in [0.4, 0.5) is 4.39 Å². The van der Waals surface area contributed by atoms with Crippen LogP contribution in [0.3, 0.4) is 0 Å². The Labute approximate surface area is 98.0 Å². The fourth-order valence-corrected chi connectivity index (χ4v) is 2.73. The number of aliphatic carboxylic acids is 1. The molecular formula is C12H12ClFO2. The summed E-state index contributed by atoms with van der Waals surface area (Å²) in [6, 6.07) is 4.42. The van der Waals surface area contributed by atoms with Gasteiger partial charge >= 0.3 is 5.97 Å².